The predicted octanol–water partition coefficient (Wildman–Crippen LogP) is 3.55. The molecule has 0 amide bonds. The molecular weight excluding hydrogens is 402 g/mol. The van der Waals surface area contributed by atoms with Crippen LogP contribution in [-0.2, 0) is 11.8 Å². The van der Waals surface area contributed by atoms with Gasteiger partial charge >= 0.3 is 0 Å². The summed E-state index contributed by atoms with van der Waals surface area (Å²) in [6.07, 6.45) is 3.72. The lowest BCUT2D eigenvalue weighted by molar-refractivity contribution is 0.122. The summed E-state index contributed by atoms with van der Waals surface area (Å²) in [6, 6.07) is 14.5. The number of aromatic nitrogens is 4. The van der Waals surface area contributed by atoms with Crippen LogP contribution in [0.2, 0.25) is 0 Å². The molecular formula is C25H27N5O2. The maximum absolute atomic E-state index is 12.3. The molecule has 32 heavy (non-hydrogen) atoms. The van der Waals surface area contributed by atoms with Gasteiger partial charge in [0.2, 0.25) is 0 Å². The topological polar surface area (TPSA) is 65.2 Å². The Bertz CT molecular complexity index is 1290. The average Bonchev–Trinajstić information content (AvgIpc) is 3.21. The molecule has 1 aliphatic heterocycles. The lowest BCUT2D eigenvalue weighted by Gasteiger charge is -2.28. The molecule has 1 saturated heterocycles. The van der Waals surface area contributed by atoms with E-state index in [2.05, 4.69) is 46.7 Å². The van der Waals surface area contributed by atoms with Crippen molar-refractivity contribution in [2.45, 2.75) is 19.9 Å². The van der Waals surface area contributed by atoms with Gasteiger partial charge in [0.1, 0.15) is 17.2 Å². The zero-order valence-electron chi connectivity index (χ0n) is 18.7. The van der Waals surface area contributed by atoms with Crippen molar-refractivity contribution in [2.24, 2.45) is 7.05 Å². The molecule has 7 nitrogen and oxygen atoms in total. The van der Waals surface area contributed by atoms with Crippen molar-refractivity contribution in [3.8, 4) is 11.4 Å². The Morgan fingerprint density at radius 1 is 1.09 bits per heavy atom. The van der Waals surface area contributed by atoms with Crippen LogP contribution >= 0.6 is 0 Å². The number of morpholine rings is 1. The lowest BCUT2D eigenvalue weighted by Crippen LogP contribution is -2.36. The lowest BCUT2D eigenvalue weighted by atomic mass is 10.1. The quantitative estimate of drug-likeness (QED) is 0.496. The van der Waals surface area contributed by atoms with Gasteiger partial charge in [-0.25, -0.2) is 9.97 Å². The Kier molecular flexibility index (Phi) is 5.27. The van der Waals surface area contributed by atoms with Crippen molar-refractivity contribution in [3.63, 3.8) is 0 Å². The number of hydrogen-bond donors (Lipinski definition) is 0. The molecule has 1 aromatic carbocycles. The number of benzene rings is 1. The van der Waals surface area contributed by atoms with E-state index in [0.29, 0.717) is 18.8 Å². The van der Waals surface area contributed by atoms with Gasteiger partial charge < -0.3 is 18.8 Å². The standard InChI is InChI=1S/C25H27N5O2/c1-17-13-20(16-28(3)25(17)31)24-27-21-15-26-23(29-9-11-32-12-10-29)14-22(21)30(24)18(2)19-7-5-4-6-8-19/h4-8,13-16,18H,9-12H2,1-3H3. The van der Waals surface area contributed by atoms with Crippen molar-refractivity contribution in [1.82, 2.24) is 19.1 Å². The minimum atomic E-state index is 0.00351. The summed E-state index contributed by atoms with van der Waals surface area (Å²) in [4.78, 5) is 24.2. The van der Waals surface area contributed by atoms with Gasteiger partial charge in [-0.05, 0) is 25.5 Å². The summed E-state index contributed by atoms with van der Waals surface area (Å²) < 4.78 is 9.39. The van der Waals surface area contributed by atoms with E-state index in [1.165, 1.54) is 5.56 Å². The molecule has 7 heteroatoms. The molecule has 1 fully saturated rings. The summed E-state index contributed by atoms with van der Waals surface area (Å²) in [5, 5.41) is 0. The molecule has 3 aromatic heterocycles. The van der Waals surface area contributed by atoms with E-state index in [1.54, 1.807) is 11.6 Å². The first-order valence-electron chi connectivity index (χ1n) is 11.0. The Labute approximate surface area is 186 Å². The highest BCUT2D eigenvalue weighted by Crippen LogP contribution is 2.32. The van der Waals surface area contributed by atoms with E-state index < -0.39 is 0 Å². The normalized spacial score (nSPS) is 15.3. The number of aryl methyl sites for hydroxylation is 2. The second-order valence-electron chi connectivity index (χ2n) is 8.35. The third-order valence-electron chi connectivity index (χ3n) is 6.19. The van der Waals surface area contributed by atoms with Crippen LogP contribution in [0.3, 0.4) is 0 Å². The third kappa shape index (κ3) is 3.58. The summed E-state index contributed by atoms with van der Waals surface area (Å²) in [5.41, 5.74) is 4.67. The van der Waals surface area contributed by atoms with Crippen LogP contribution in [0, 0.1) is 6.92 Å². The second-order valence-corrected chi connectivity index (χ2v) is 8.35. The van der Waals surface area contributed by atoms with E-state index in [1.807, 2.05) is 31.5 Å². The third-order valence-corrected chi connectivity index (χ3v) is 6.19. The summed E-state index contributed by atoms with van der Waals surface area (Å²) in [6.45, 7) is 7.10. The SMILES string of the molecule is Cc1cc(-c2nc3cnc(N4CCOCC4)cc3n2C(C)c2ccccc2)cn(C)c1=O. The van der Waals surface area contributed by atoms with Crippen LogP contribution < -0.4 is 10.5 Å². The zero-order valence-corrected chi connectivity index (χ0v) is 18.7. The molecule has 1 unspecified atom stereocenters. The molecule has 4 heterocycles. The highest BCUT2D eigenvalue weighted by Gasteiger charge is 2.22. The van der Waals surface area contributed by atoms with Gasteiger partial charge in [0.15, 0.2) is 0 Å². The number of rotatable bonds is 4. The molecule has 1 aliphatic rings. The Morgan fingerprint density at radius 3 is 2.56 bits per heavy atom. The summed E-state index contributed by atoms with van der Waals surface area (Å²) in [5.74, 6) is 1.77. The molecule has 0 saturated carbocycles. The van der Waals surface area contributed by atoms with Crippen LogP contribution in [0.15, 0.2) is 59.7 Å². The van der Waals surface area contributed by atoms with Gasteiger partial charge in [-0.2, -0.15) is 0 Å². The molecule has 0 radical (unpaired) electrons. The van der Waals surface area contributed by atoms with Crippen molar-refractivity contribution in [2.75, 3.05) is 31.2 Å². The average molecular weight is 430 g/mol. The molecule has 0 N–H and O–H groups in total. The Balaban J connectivity index is 1.73. The molecule has 164 valence electrons. The molecule has 0 spiro atoms. The fraction of sp³-hybridized carbons (Fsp3) is 0.320. The maximum atomic E-state index is 12.3. The molecule has 1 atom stereocenters. The van der Waals surface area contributed by atoms with Crippen LogP contribution in [-0.4, -0.2) is 45.4 Å². The highest BCUT2D eigenvalue weighted by molar-refractivity contribution is 5.82. The van der Waals surface area contributed by atoms with Crippen molar-refractivity contribution < 1.29 is 4.74 Å². The zero-order chi connectivity index (χ0) is 22.2. The van der Waals surface area contributed by atoms with Crippen LogP contribution in [0.1, 0.15) is 24.1 Å². The fourth-order valence-electron chi connectivity index (χ4n) is 4.43. The van der Waals surface area contributed by atoms with Gasteiger partial charge in [-0.3, -0.25) is 4.79 Å². The van der Waals surface area contributed by atoms with Crippen molar-refractivity contribution in [3.05, 3.63) is 76.3 Å². The number of nitrogens with zero attached hydrogens (tertiary/aromatic N) is 5. The summed E-state index contributed by atoms with van der Waals surface area (Å²) in [7, 11) is 1.78. The van der Waals surface area contributed by atoms with Crippen molar-refractivity contribution >= 4 is 16.9 Å². The fourth-order valence-corrected chi connectivity index (χ4v) is 4.43. The molecule has 4 aromatic rings. The van der Waals surface area contributed by atoms with Crippen molar-refractivity contribution in [1.29, 1.82) is 0 Å². The molecule has 0 aliphatic carbocycles. The number of fused-ring (bicyclic) bond motifs is 1. The Hall–Kier alpha value is -3.45. The molecule has 0 bridgehead atoms. The number of imidazole rings is 1. The van der Waals surface area contributed by atoms with E-state index in [4.69, 9.17) is 14.7 Å². The largest absolute Gasteiger partial charge is 0.378 e. The van der Waals surface area contributed by atoms with E-state index in [9.17, 15) is 4.79 Å². The van der Waals surface area contributed by atoms with E-state index in [0.717, 1.165) is 41.3 Å². The first-order valence-corrected chi connectivity index (χ1v) is 11.0. The second kappa shape index (κ2) is 8.24. The smallest absolute Gasteiger partial charge is 0.253 e. The van der Waals surface area contributed by atoms with Gasteiger partial charge in [0.25, 0.3) is 5.56 Å². The summed E-state index contributed by atoms with van der Waals surface area (Å²) >= 11 is 0. The van der Waals surface area contributed by atoms with Gasteiger partial charge in [-0.15, -0.1) is 0 Å². The minimum absolute atomic E-state index is 0.00351. The highest BCUT2D eigenvalue weighted by atomic mass is 16.5. The first-order chi connectivity index (χ1) is 15.5. The molecule has 5 rings (SSSR count). The number of anilines is 1. The monoisotopic (exact) mass is 429 g/mol. The van der Waals surface area contributed by atoms with Gasteiger partial charge in [0.05, 0.1) is 31.0 Å². The van der Waals surface area contributed by atoms with Crippen LogP contribution in [0.4, 0.5) is 5.82 Å². The first kappa shape index (κ1) is 20.5. The number of hydrogen-bond acceptors (Lipinski definition) is 5. The number of pyridine rings is 2. The van der Waals surface area contributed by atoms with Gasteiger partial charge in [-0.1, -0.05) is 30.3 Å². The minimum Gasteiger partial charge on any atom is -0.378 e. The van der Waals surface area contributed by atoms with Gasteiger partial charge in [0, 0.05) is 43.5 Å². The Morgan fingerprint density at radius 2 is 1.84 bits per heavy atom. The van der Waals surface area contributed by atoms with E-state index in [-0.39, 0.29) is 11.6 Å². The van der Waals surface area contributed by atoms with E-state index >= 15 is 0 Å². The van der Waals surface area contributed by atoms with Crippen LogP contribution in [0.5, 0.6) is 0 Å². The number of ether oxygens (including phenoxy) is 1. The predicted molar refractivity (Wildman–Crippen MR) is 126 cm³/mol. The van der Waals surface area contributed by atoms with Crippen LogP contribution in [0.25, 0.3) is 22.4 Å². The maximum Gasteiger partial charge on any atom is 0.253 e.